The Morgan fingerprint density at radius 1 is 0.431 bits per heavy atom. The number of likely N-dealkylation sites (tertiary alicyclic amines) is 4. The number of hydrogen-bond donors (Lipinski definition) is 0. The number of halogens is 4. The number of anilines is 4. The van der Waals surface area contributed by atoms with E-state index in [4.69, 9.17) is 9.78 Å². The summed E-state index contributed by atoms with van der Waals surface area (Å²) in [5.41, 5.74) is 4.62. The highest BCUT2D eigenvalue weighted by Gasteiger charge is 2.47. The van der Waals surface area contributed by atoms with Gasteiger partial charge in [0.1, 0.15) is 45.9 Å². The van der Waals surface area contributed by atoms with Crippen LogP contribution in [-0.2, 0) is 64.4 Å². The number of carbonyl (C=O) groups is 4. The third kappa shape index (κ3) is 21.3. The Morgan fingerprint density at radius 3 is 1.12 bits per heavy atom. The first-order valence-electron chi connectivity index (χ1n) is 41.1. The third-order valence-corrected chi connectivity index (χ3v) is 31.4. The number of amides is 4. The minimum atomic E-state index is -4.02. The molecule has 3 aromatic carbocycles. The number of nitrogens with zero attached hydrogens (tertiary/aromatic N) is 14. The van der Waals surface area contributed by atoms with Crippen LogP contribution in [0.5, 0.6) is 0 Å². The Kier molecular flexibility index (Phi) is 28.3. The number of carbonyl (C=O) groups excluding carboxylic acids is 4. The van der Waals surface area contributed by atoms with Gasteiger partial charge in [0.2, 0.25) is 23.6 Å². The van der Waals surface area contributed by atoms with Gasteiger partial charge in [-0.15, -0.1) is 0 Å². The molecule has 0 spiro atoms. The van der Waals surface area contributed by atoms with E-state index in [0.29, 0.717) is 81.7 Å². The smallest absolute Gasteiger partial charge is 0.271 e. The first kappa shape index (κ1) is 91.8. The maximum atomic E-state index is 13.9. The Balaban J connectivity index is 0.000000149. The van der Waals surface area contributed by atoms with Gasteiger partial charge >= 0.3 is 0 Å². The summed E-state index contributed by atoms with van der Waals surface area (Å²) in [6, 6.07) is 31.7. The molecule has 0 N–H and O–H groups in total. The zero-order valence-corrected chi connectivity index (χ0v) is 72.8. The fourth-order valence-electron chi connectivity index (χ4n) is 18.1. The van der Waals surface area contributed by atoms with E-state index in [-0.39, 0.29) is 143 Å². The van der Waals surface area contributed by atoms with Gasteiger partial charge in [-0.25, -0.2) is 71.2 Å². The molecule has 0 aliphatic carbocycles. The van der Waals surface area contributed by atoms with Gasteiger partial charge in [-0.1, -0.05) is 55.0 Å². The van der Waals surface area contributed by atoms with Crippen LogP contribution in [0, 0.1) is 71.4 Å². The number of rotatable bonds is 21. The van der Waals surface area contributed by atoms with Gasteiger partial charge in [0.05, 0.1) is 49.0 Å². The summed E-state index contributed by atoms with van der Waals surface area (Å²) in [6.07, 6.45) is 14.4. The number of pyridine rings is 4. The molecule has 8 atom stereocenters. The van der Waals surface area contributed by atoms with Crippen LogP contribution < -0.4 is 19.6 Å². The van der Waals surface area contributed by atoms with Gasteiger partial charge in [0.25, 0.3) is 5.92 Å². The number of alkyl halides is 2. The molecule has 0 radical (unpaired) electrons. The lowest BCUT2D eigenvalue weighted by molar-refractivity contribution is -0.132. The number of fused-ring (bicyclic) bond motifs is 8. The van der Waals surface area contributed by atoms with E-state index in [1.165, 1.54) is 42.5 Å². The topological polar surface area (TPSA) is 332 Å². The first-order chi connectivity index (χ1) is 57.8. The summed E-state index contributed by atoms with van der Waals surface area (Å²) in [7, 11) is -15.1. The van der Waals surface area contributed by atoms with Crippen LogP contribution in [0.15, 0.2) is 158 Å². The Morgan fingerprint density at radius 2 is 0.789 bits per heavy atom. The molecule has 35 heteroatoms. The van der Waals surface area contributed by atoms with Crippen molar-refractivity contribution in [3.05, 3.63) is 196 Å². The summed E-state index contributed by atoms with van der Waals surface area (Å²) < 4.78 is 161. The second kappa shape index (κ2) is 37.9. The lowest BCUT2D eigenvalue weighted by atomic mass is 10.1. The predicted octanol–water partition coefficient (Wildman–Crippen LogP) is 11.5. The van der Waals surface area contributed by atoms with Crippen LogP contribution in [0.2, 0.25) is 0 Å². The van der Waals surface area contributed by atoms with Crippen LogP contribution in [0.25, 0.3) is 0 Å². The second-order valence-electron chi connectivity index (χ2n) is 33.1. The fraction of sp³-hybridized carbons (Fsp3) is 0.477. The minimum absolute atomic E-state index is 0. The lowest BCUT2D eigenvalue weighted by Crippen LogP contribution is -2.55. The third-order valence-electron chi connectivity index (χ3n) is 24.1. The van der Waals surface area contributed by atoms with Crippen molar-refractivity contribution >= 4 is 86.2 Å². The zero-order chi connectivity index (χ0) is 87.5. The average molecular weight is 1770 g/mol. The van der Waals surface area contributed by atoms with Crippen LogP contribution in [0.3, 0.4) is 0 Å². The van der Waals surface area contributed by atoms with Gasteiger partial charge < -0.3 is 43.7 Å². The number of nitriles is 1. The quantitative estimate of drug-likeness (QED) is 0.0603. The molecular weight excluding hydrogens is 1670 g/mol. The number of sulfone groups is 4. The summed E-state index contributed by atoms with van der Waals surface area (Å²) >= 11 is 0. The summed E-state index contributed by atoms with van der Waals surface area (Å²) in [5.74, 6) is -2.77. The van der Waals surface area contributed by atoms with Gasteiger partial charge in [-0.3, -0.25) is 19.2 Å². The molecule has 8 saturated heterocycles. The van der Waals surface area contributed by atoms with Crippen LogP contribution >= 0.6 is 0 Å². The van der Waals surface area contributed by atoms with Crippen LogP contribution in [0.4, 0.5) is 40.8 Å². The van der Waals surface area contributed by atoms with Crippen molar-refractivity contribution in [3.63, 3.8) is 0 Å². The number of benzene rings is 3. The van der Waals surface area contributed by atoms with E-state index in [1.807, 2.05) is 81.8 Å². The molecule has 13 heterocycles. The van der Waals surface area contributed by atoms with Crippen molar-refractivity contribution < 1.29 is 74.9 Å². The molecular formula is C88H106F4N14O13S4. The SMILES string of the molecule is C.Cc1ccc(N2C3CCC2CN(C(=O)CCS(=O)(=O)c2cc(C)cc(F)c2)C3)nc1.Cc1ccc(N2C3CCC2CN(C(=O)CCS(=O)(=O)c2cc(F)ccc2C)C3)nc1.Cc1ccc(N2C3CCC2CN(C(=O)CCS(=O)(=O)c2ccccc2C(C)(F)F)C3)nc1.Cc1noc(C)c1S(=O)(=O)CCC(=O)N1CC2CCC(C1)N2c1ccc(C#N)cn1. The standard InChI is InChI=1S/C23H27F2N3O3S.2C22H26FN3O3S.C20H23N5O4S.CH4/c1-16-7-10-21(26-13-16)28-17-8-9-18(28)15-27(14-17)22(29)11-12-32(30,31)20-6-4-3-5-19(20)23(2,24)25;1-15-3-8-21(24-12-15)26-18-6-7-19(26)14-25(13-18)22(27)9-10-30(28,29)20-11-17(23)5-4-16(20)2;1-15-3-6-21(24-12-15)26-18-4-5-19(26)14-25(13-18)22(27)7-8-30(28,29)20-10-16(2)9-17(23)11-20;1-13-20(14(2)29-23-13)30(27,28)8-7-19(26)24-11-16-4-5-17(12-24)25(16)18-6-3-15(9-21)10-22-18;/h3-7,10,13,17-18H,8-9,11-12,14-15H2,1-2H3;3-5,8,11-12,18-19H,6-7,9-10,13-14H2,1-2H3;3,6,9-12,18-19H,4-5,7-8,13-14H2,1-2H3;3,6,10,16-17H,4-5,7-8,11-12H2,1-2H3;1H4. The molecule has 8 aliphatic rings. The highest BCUT2D eigenvalue weighted by Crippen LogP contribution is 2.40. The van der Waals surface area contributed by atoms with Gasteiger partial charge in [0, 0.05) is 164 Å². The van der Waals surface area contributed by atoms with Crippen molar-refractivity contribution in [1.82, 2.24) is 44.7 Å². The van der Waals surface area contributed by atoms with E-state index in [9.17, 15) is 70.4 Å². The molecule has 27 nitrogen and oxygen atoms in total. The van der Waals surface area contributed by atoms with Crippen LogP contribution in [-0.4, -0.2) is 226 Å². The summed E-state index contributed by atoms with van der Waals surface area (Å²) in [4.78, 5) is 84.9. The van der Waals surface area contributed by atoms with E-state index in [1.54, 1.807) is 59.6 Å². The van der Waals surface area contributed by atoms with Gasteiger partial charge in [0.15, 0.2) is 45.1 Å². The first-order valence-corrected chi connectivity index (χ1v) is 47.7. The lowest BCUT2D eigenvalue weighted by Gasteiger charge is -2.41. The van der Waals surface area contributed by atoms with Crippen molar-refractivity contribution in [2.24, 2.45) is 0 Å². The van der Waals surface area contributed by atoms with E-state index in [2.05, 4.69) is 50.8 Å². The Labute approximate surface area is 717 Å². The van der Waals surface area contributed by atoms with Gasteiger partial charge in [-0.2, -0.15) is 5.26 Å². The van der Waals surface area contributed by atoms with Crippen molar-refractivity contribution in [2.45, 2.75) is 214 Å². The average Bonchev–Trinajstić information content (AvgIpc) is 1.52. The van der Waals surface area contributed by atoms with Crippen LogP contribution in [0.1, 0.15) is 142 Å². The maximum Gasteiger partial charge on any atom is 0.271 e. The molecule has 4 amide bonds. The van der Waals surface area contributed by atoms with Crippen molar-refractivity contribution in [1.29, 1.82) is 5.26 Å². The van der Waals surface area contributed by atoms with E-state index >= 15 is 0 Å². The van der Waals surface area contributed by atoms with E-state index in [0.717, 1.165) is 110 Å². The number of aryl methyl sites for hydroxylation is 7. The molecule has 8 aliphatic heterocycles. The normalized spacial score (nSPS) is 20.9. The Hall–Kier alpha value is -10.4. The van der Waals surface area contributed by atoms with Crippen molar-refractivity contribution in [2.75, 3.05) is 95.0 Å². The Bertz CT molecular complexity index is 5620. The molecule has 8 aromatic rings. The minimum Gasteiger partial charge on any atom is -0.360 e. The number of piperazine rings is 4. The number of hydrogen-bond acceptors (Lipinski definition) is 23. The second-order valence-corrected chi connectivity index (χ2v) is 41.5. The summed E-state index contributed by atoms with van der Waals surface area (Å²) in [5, 5.41) is 12.6. The zero-order valence-electron chi connectivity index (χ0n) is 69.5. The molecule has 16 rings (SSSR count). The summed E-state index contributed by atoms with van der Waals surface area (Å²) in [6.45, 7) is 17.5. The highest BCUT2D eigenvalue weighted by atomic mass is 32.2. The van der Waals surface area contributed by atoms with Crippen molar-refractivity contribution in [3.8, 4) is 6.07 Å². The van der Waals surface area contributed by atoms with E-state index < -0.39 is 73.1 Å². The predicted molar refractivity (Wildman–Crippen MR) is 457 cm³/mol. The maximum absolute atomic E-state index is 13.9. The number of aromatic nitrogens is 5. The van der Waals surface area contributed by atoms with Gasteiger partial charge in [-0.05, 0) is 194 Å². The molecule has 0 saturated carbocycles. The molecule has 5 aromatic heterocycles. The monoisotopic (exact) mass is 1770 g/mol. The highest BCUT2D eigenvalue weighted by molar-refractivity contribution is 7.92. The largest absolute Gasteiger partial charge is 0.360 e. The molecule has 658 valence electrons. The molecule has 8 fully saturated rings. The molecule has 123 heavy (non-hydrogen) atoms. The fourth-order valence-corrected chi connectivity index (χ4v) is 24.1. The molecule has 8 unspecified atom stereocenters. The molecule has 8 bridgehead atoms.